The summed E-state index contributed by atoms with van der Waals surface area (Å²) in [5.74, 6) is 0. The van der Waals surface area contributed by atoms with Gasteiger partial charge in [-0.25, -0.2) is 0 Å². The zero-order valence-corrected chi connectivity index (χ0v) is 11.6. The third kappa shape index (κ3) is 4.36. The normalized spacial score (nSPS) is 17.0. The van der Waals surface area contributed by atoms with Crippen LogP contribution in [0.15, 0.2) is 30.3 Å². The molecule has 0 amide bonds. The first kappa shape index (κ1) is 13.0. The predicted molar refractivity (Wildman–Crippen MR) is 77.7 cm³/mol. The highest BCUT2D eigenvalue weighted by Gasteiger charge is 2.41. The van der Waals surface area contributed by atoms with Crippen LogP contribution in [0.5, 0.6) is 0 Å². The van der Waals surface area contributed by atoms with Crippen LogP contribution in [0.4, 0.5) is 0 Å². The van der Waals surface area contributed by atoms with Crippen molar-refractivity contribution in [3.8, 4) is 0 Å². The average molecular weight is 249 g/mol. The van der Waals surface area contributed by atoms with E-state index in [9.17, 15) is 0 Å². The molecule has 1 aliphatic rings. The van der Waals surface area contributed by atoms with Gasteiger partial charge in [-0.15, -0.1) is 0 Å². The molecule has 1 nitrogen and oxygen atoms in total. The molecular formula is C15H23NS. The lowest BCUT2D eigenvalue weighted by atomic mass is 10.1. The molecule has 0 spiro atoms. The van der Waals surface area contributed by atoms with Gasteiger partial charge in [-0.2, -0.15) is 11.8 Å². The summed E-state index contributed by atoms with van der Waals surface area (Å²) in [5, 5.41) is 3.60. The molecule has 0 bridgehead atoms. The lowest BCUT2D eigenvalue weighted by Crippen LogP contribution is -2.26. The lowest BCUT2D eigenvalue weighted by molar-refractivity contribution is 0.610. The van der Waals surface area contributed by atoms with Crippen molar-refractivity contribution in [3.63, 3.8) is 0 Å². The zero-order chi connectivity index (χ0) is 12.0. The Labute approximate surface area is 109 Å². The number of thioether (sulfide) groups is 1. The van der Waals surface area contributed by atoms with Gasteiger partial charge in [0.2, 0.25) is 0 Å². The summed E-state index contributed by atoms with van der Waals surface area (Å²) < 4.78 is 0.611. The van der Waals surface area contributed by atoms with E-state index in [1.54, 1.807) is 0 Å². The van der Waals surface area contributed by atoms with Crippen LogP contribution in [-0.2, 0) is 6.42 Å². The zero-order valence-electron chi connectivity index (χ0n) is 10.7. The van der Waals surface area contributed by atoms with Crippen molar-refractivity contribution in [2.75, 3.05) is 19.3 Å². The van der Waals surface area contributed by atoms with Gasteiger partial charge < -0.3 is 5.32 Å². The molecule has 1 N–H and O–H groups in total. The van der Waals surface area contributed by atoms with Crippen molar-refractivity contribution in [2.24, 2.45) is 0 Å². The summed E-state index contributed by atoms with van der Waals surface area (Å²) in [6.07, 6.45) is 8.86. The van der Waals surface area contributed by atoms with E-state index in [1.165, 1.54) is 50.8 Å². The first-order valence-corrected chi connectivity index (χ1v) is 7.87. The lowest BCUT2D eigenvalue weighted by Gasteiger charge is -2.12. The summed E-state index contributed by atoms with van der Waals surface area (Å²) in [5.41, 5.74) is 1.47. The maximum Gasteiger partial charge on any atom is 0.0282 e. The van der Waals surface area contributed by atoms with Crippen LogP contribution in [-0.4, -0.2) is 24.1 Å². The molecule has 1 fully saturated rings. The summed E-state index contributed by atoms with van der Waals surface area (Å²) in [4.78, 5) is 0. The Morgan fingerprint density at radius 2 is 1.94 bits per heavy atom. The highest BCUT2D eigenvalue weighted by Crippen LogP contribution is 2.46. The fraction of sp³-hybridized carbons (Fsp3) is 0.600. The summed E-state index contributed by atoms with van der Waals surface area (Å²) in [6.45, 7) is 2.38. The topological polar surface area (TPSA) is 12.0 Å². The van der Waals surface area contributed by atoms with Crippen molar-refractivity contribution in [3.05, 3.63) is 35.9 Å². The number of hydrogen-bond acceptors (Lipinski definition) is 2. The second-order valence-electron chi connectivity index (χ2n) is 5.01. The standard InChI is InChI=1S/C15H23NS/c1-17-15(10-11-15)13-16-12-6-5-9-14-7-3-2-4-8-14/h2-4,7-8,16H,5-6,9-13H2,1H3. The van der Waals surface area contributed by atoms with Crippen molar-refractivity contribution >= 4 is 11.8 Å². The monoisotopic (exact) mass is 249 g/mol. The van der Waals surface area contributed by atoms with Crippen molar-refractivity contribution in [1.29, 1.82) is 0 Å². The smallest absolute Gasteiger partial charge is 0.0282 e. The molecule has 0 heterocycles. The molecule has 0 atom stereocenters. The van der Waals surface area contributed by atoms with E-state index in [1.807, 2.05) is 11.8 Å². The Morgan fingerprint density at radius 3 is 2.59 bits per heavy atom. The van der Waals surface area contributed by atoms with E-state index in [2.05, 4.69) is 41.9 Å². The van der Waals surface area contributed by atoms with Crippen LogP contribution >= 0.6 is 11.8 Å². The Morgan fingerprint density at radius 1 is 1.18 bits per heavy atom. The molecule has 2 rings (SSSR count). The molecule has 0 aromatic heterocycles. The second kappa shape index (κ2) is 6.46. The highest BCUT2D eigenvalue weighted by molar-refractivity contribution is 8.00. The van der Waals surface area contributed by atoms with E-state index in [0.717, 1.165) is 0 Å². The molecule has 2 heteroatoms. The van der Waals surface area contributed by atoms with Gasteiger partial charge in [0.1, 0.15) is 0 Å². The Hall–Kier alpha value is -0.470. The molecule has 17 heavy (non-hydrogen) atoms. The van der Waals surface area contributed by atoms with Crippen molar-refractivity contribution < 1.29 is 0 Å². The summed E-state index contributed by atoms with van der Waals surface area (Å²) in [6, 6.07) is 10.8. The summed E-state index contributed by atoms with van der Waals surface area (Å²) in [7, 11) is 0. The second-order valence-corrected chi connectivity index (χ2v) is 6.28. The van der Waals surface area contributed by atoms with E-state index < -0.39 is 0 Å². The number of unbranched alkanes of at least 4 members (excludes halogenated alkanes) is 1. The number of aryl methyl sites for hydroxylation is 1. The largest absolute Gasteiger partial charge is 0.315 e. The van der Waals surface area contributed by atoms with E-state index >= 15 is 0 Å². The minimum atomic E-state index is 0.611. The van der Waals surface area contributed by atoms with Crippen LogP contribution in [0.2, 0.25) is 0 Å². The highest BCUT2D eigenvalue weighted by atomic mass is 32.2. The predicted octanol–water partition coefficient (Wildman–Crippen LogP) is 3.49. The Bertz CT molecular complexity index is 319. The minimum absolute atomic E-state index is 0.611. The first-order valence-electron chi connectivity index (χ1n) is 6.64. The van der Waals surface area contributed by atoms with Crippen LogP contribution in [0, 0.1) is 0 Å². The fourth-order valence-electron chi connectivity index (χ4n) is 2.13. The minimum Gasteiger partial charge on any atom is -0.315 e. The number of nitrogens with one attached hydrogen (secondary N) is 1. The van der Waals surface area contributed by atoms with Gasteiger partial charge in [0.25, 0.3) is 0 Å². The van der Waals surface area contributed by atoms with Crippen LogP contribution in [0.25, 0.3) is 0 Å². The maximum absolute atomic E-state index is 3.60. The molecule has 0 radical (unpaired) electrons. The quantitative estimate of drug-likeness (QED) is 0.708. The average Bonchev–Trinajstić information content (AvgIpc) is 3.16. The third-order valence-electron chi connectivity index (χ3n) is 3.60. The number of benzene rings is 1. The molecule has 1 aliphatic carbocycles. The van der Waals surface area contributed by atoms with E-state index in [4.69, 9.17) is 0 Å². The van der Waals surface area contributed by atoms with Gasteiger partial charge in [0.05, 0.1) is 0 Å². The Kier molecular flexibility index (Phi) is 4.93. The van der Waals surface area contributed by atoms with Crippen molar-refractivity contribution in [1.82, 2.24) is 5.32 Å². The van der Waals surface area contributed by atoms with E-state index in [-0.39, 0.29) is 0 Å². The molecule has 0 unspecified atom stereocenters. The molecule has 1 saturated carbocycles. The summed E-state index contributed by atoms with van der Waals surface area (Å²) >= 11 is 2.04. The molecule has 0 saturated heterocycles. The van der Waals surface area contributed by atoms with Crippen molar-refractivity contribution in [2.45, 2.75) is 36.9 Å². The molecule has 94 valence electrons. The van der Waals surface area contributed by atoms with Gasteiger partial charge in [0, 0.05) is 11.3 Å². The van der Waals surface area contributed by atoms with Gasteiger partial charge in [-0.3, -0.25) is 0 Å². The first-order chi connectivity index (χ1) is 8.35. The molecule has 1 aromatic rings. The Balaban J connectivity index is 1.50. The van der Waals surface area contributed by atoms with Crippen LogP contribution in [0.1, 0.15) is 31.2 Å². The number of hydrogen-bond donors (Lipinski definition) is 1. The maximum atomic E-state index is 3.60. The molecule has 0 aliphatic heterocycles. The molecular weight excluding hydrogens is 226 g/mol. The van der Waals surface area contributed by atoms with Gasteiger partial charge in [-0.1, -0.05) is 30.3 Å². The van der Waals surface area contributed by atoms with Gasteiger partial charge >= 0.3 is 0 Å². The van der Waals surface area contributed by atoms with E-state index in [0.29, 0.717) is 4.75 Å². The number of rotatable bonds is 8. The van der Waals surface area contributed by atoms with Crippen LogP contribution < -0.4 is 5.32 Å². The molecule has 1 aromatic carbocycles. The van der Waals surface area contributed by atoms with Gasteiger partial charge in [-0.05, 0) is 50.5 Å². The fourth-order valence-corrected chi connectivity index (χ4v) is 2.89. The van der Waals surface area contributed by atoms with Crippen LogP contribution in [0.3, 0.4) is 0 Å². The van der Waals surface area contributed by atoms with Gasteiger partial charge in [0.15, 0.2) is 0 Å². The third-order valence-corrected chi connectivity index (χ3v) is 5.02. The SMILES string of the molecule is CSC1(CNCCCCc2ccccc2)CC1.